The van der Waals surface area contributed by atoms with E-state index in [-0.39, 0.29) is 0 Å². The lowest BCUT2D eigenvalue weighted by Crippen LogP contribution is -2.46. The van der Waals surface area contributed by atoms with E-state index in [0.717, 1.165) is 24.4 Å². The molecule has 2 nitrogen and oxygen atoms in total. The van der Waals surface area contributed by atoms with Gasteiger partial charge in [0.25, 0.3) is 0 Å². The van der Waals surface area contributed by atoms with Crippen LogP contribution in [0.25, 0.3) is 0 Å². The van der Waals surface area contributed by atoms with Crippen LogP contribution in [0.15, 0.2) is 0 Å². The molecule has 0 heterocycles. The maximum Gasteiger partial charge on any atom is 0.00929 e. The number of hydrogen-bond donors (Lipinski definition) is 2. The lowest BCUT2D eigenvalue weighted by atomic mass is 9.81. The van der Waals surface area contributed by atoms with Gasteiger partial charge in [-0.25, -0.2) is 0 Å². The van der Waals surface area contributed by atoms with Crippen molar-refractivity contribution < 1.29 is 0 Å². The van der Waals surface area contributed by atoms with Crippen LogP contribution in [0.4, 0.5) is 0 Å². The first-order valence-electron chi connectivity index (χ1n) is 5.76. The molecule has 2 fully saturated rings. The molecule has 2 rings (SSSR count). The van der Waals surface area contributed by atoms with Crippen molar-refractivity contribution in [2.45, 2.75) is 51.1 Å². The predicted molar refractivity (Wildman–Crippen MR) is 55.5 cm³/mol. The molecule has 0 saturated heterocycles. The molecule has 3 N–H and O–H groups in total. The van der Waals surface area contributed by atoms with Crippen LogP contribution in [0.2, 0.25) is 0 Å². The third-order valence-electron chi connectivity index (χ3n) is 3.98. The highest BCUT2D eigenvalue weighted by Crippen LogP contribution is 2.28. The van der Waals surface area contributed by atoms with Crippen molar-refractivity contribution in [2.24, 2.45) is 17.6 Å². The Morgan fingerprint density at radius 2 is 2.08 bits per heavy atom. The van der Waals surface area contributed by atoms with E-state index in [4.69, 9.17) is 5.73 Å². The maximum absolute atomic E-state index is 6.02. The normalized spacial score (nSPS) is 44.8. The van der Waals surface area contributed by atoms with Crippen LogP contribution < -0.4 is 11.1 Å². The zero-order chi connectivity index (χ0) is 9.26. The molecule has 13 heavy (non-hydrogen) atoms. The highest BCUT2D eigenvalue weighted by molar-refractivity contribution is 4.87. The van der Waals surface area contributed by atoms with E-state index in [1.165, 1.54) is 32.1 Å². The summed E-state index contributed by atoms with van der Waals surface area (Å²) in [5.74, 6) is 1.66. The van der Waals surface area contributed by atoms with Crippen LogP contribution in [-0.2, 0) is 0 Å². The first-order valence-corrected chi connectivity index (χ1v) is 5.76. The average Bonchev–Trinajstić information content (AvgIpc) is 2.50. The monoisotopic (exact) mass is 182 g/mol. The highest BCUT2D eigenvalue weighted by Gasteiger charge is 2.29. The lowest BCUT2D eigenvalue weighted by Gasteiger charge is -2.35. The molecule has 2 aliphatic carbocycles. The topological polar surface area (TPSA) is 38.0 Å². The second kappa shape index (κ2) is 3.97. The SMILES string of the molecule is CC1CCC1NCC1CCCC1N. The van der Waals surface area contributed by atoms with E-state index in [1.807, 2.05) is 0 Å². The minimum absolute atomic E-state index is 0.475. The third-order valence-corrected chi connectivity index (χ3v) is 3.98. The highest BCUT2D eigenvalue weighted by atomic mass is 14.9. The van der Waals surface area contributed by atoms with Gasteiger partial charge in [0.1, 0.15) is 0 Å². The van der Waals surface area contributed by atoms with Crippen molar-refractivity contribution in [3.05, 3.63) is 0 Å². The van der Waals surface area contributed by atoms with Gasteiger partial charge in [-0.3, -0.25) is 0 Å². The smallest absolute Gasteiger partial charge is 0.00929 e. The summed E-state index contributed by atoms with van der Waals surface area (Å²) in [6.07, 6.45) is 6.72. The molecule has 0 bridgehead atoms. The van der Waals surface area contributed by atoms with Crippen LogP contribution in [-0.4, -0.2) is 18.6 Å². The predicted octanol–water partition coefficient (Wildman–Crippen LogP) is 1.50. The Hall–Kier alpha value is -0.0800. The van der Waals surface area contributed by atoms with Crippen molar-refractivity contribution >= 4 is 0 Å². The summed E-state index contributed by atoms with van der Waals surface area (Å²) in [6, 6.07) is 1.27. The quantitative estimate of drug-likeness (QED) is 0.694. The summed E-state index contributed by atoms with van der Waals surface area (Å²) < 4.78 is 0. The first-order chi connectivity index (χ1) is 6.27. The number of nitrogens with one attached hydrogen (secondary N) is 1. The van der Waals surface area contributed by atoms with Crippen molar-refractivity contribution in [3.8, 4) is 0 Å². The van der Waals surface area contributed by atoms with Crippen LogP contribution in [0.5, 0.6) is 0 Å². The van der Waals surface area contributed by atoms with Crippen LogP contribution in [0.3, 0.4) is 0 Å². The fraction of sp³-hybridized carbons (Fsp3) is 1.00. The fourth-order valence-corrected chi connectivity index (χ4v) is 2.59. The van der Waals surface area contributed by atoms with Crippen LogP contribution in [0, 0.1) is 11.8 Å². The van der Waals surface area contributed by atoms with Gasteiger partial charge in [0.15, 0.2) is 0 Å². The largest absolute Gasteiger partial charge is 0.327 e. The van der Waals surface area contributed by atoms with Gasteiger partial charge in [0.2, 0.25) is 0 Å². The van der Waals surface area contributed by atoms with Crippen molar-refractivity contribution in [1.82, 2.24) is 5.32 Å². The molecule has 0 aromatic heterocycles. The Morgan fingerprint density at radius 1 is 1.23 bits per heavy atom. The zero-order valence-electron chi connectivity index (χ0n) is 8.63. The lowest BCUT2D eigenvalue weighted by molar-refractivity contribution is 0.218. The summed E-state index contributed by atoms with van der Waals surface area (Å²) in [6.45, 7) is 3.51. The second-order valence-electron chi connectivity index (χ2n) is 4.92. The van der Waals surface area contributed by atoms with E-state index in [2.05, 4.69) is 12.2 Å². The molecule has 0 aliphatic heterocycles. The van der Waals surface area contributed by atoms with E-state index < -0.39 is 0 Å². The number of nitrogens with two attached hydrogens (primary N) is 1. The summed E-state index contributed by atoms with van der Waals surface area (Å²) in [4.78, 5) is 0. The van der Waals surface area contributed by atoms with Gasteiger partial charge in [0.05, 0.1) is 0 Å². The zero-order valence-corrected chi connectivity index (χ0v) is 8.63. The van der Waals surface area contributed by atoms with Crippen molar-refractivity contribution in [3.63, 3.8) is 0 Å². The minimum atomic E-state index is 0.475. The Kier molecular flexibility index (Phi) is 2.89. The van der Waals surface area contributed by atoms with Gasteiger partial charge in [-0.1, -0.05) is 13.3 Å². The summed E-state index contributed by atoms with van der Waals surface area (Å²) >= 11 is 0. The second-order valence-corrected chi connectivity index (χ2v) is 4.92. The summed E-state index contributed by atoms with van der Waals surface area (Å²) in [5, 5.41) is 3.66. The molecule has 0 spiro atoms. The molecular formula is C11H22N2. The van der Waals surface area contributed by atoms with E-state index >= 15 is 0 Å². The van der Waals surface area contributed by atoms with Gasteiger partial charge in [-0.2, -0.15) is 0 Å². The molecule has 76 valence electrons. The Bertz CT molecular complexity index is 169. The molecule has 2 heteroatoms. The van der Waals surface area contributed by atoms with Gasteiger partial charge >= 0.3 is 0 Å². The van der Waals surface area contributed by atoms with Gasteiger partial charge in [0, 0.05) is 12.1 Å². The Balaban J connectivity index is 1.67. The van der Waals surface area contributed by atoms with Crippen molar-refractivity contribution in [2.75, 3.05) is 6.54 Å². The molecule has 2 aliphatic rings. The van der Waals surface area contributed by atoms with Crippen LogP contribution in [0.1, 0.15) is 39.0 Å². The number of rotatable bonds is 3. The molecular weight excluding hydrogens is 160 g/mol. The standard InChI is InChI=1S/C11H22N2/c1-8-5-6-11(8)13-7-9-3-2-4-10(9)12/h8-11,13H,2-7,12H2,1H3. The molecule has 0 radical (unpaired) electrons. The van der Waals surface area contributed by atoms with E-state index in [9.17, 15) is 0 Å². The van der Waals surface area contributed by atoms with Crippen molar-refractivity contribution in [1.29, 1.82) is 0 Å². The number of hydrogen-bond acceptors (Lipinski definition) is 2. The fourth-order valence-electron chi connectivity index (χ4n) is 2.59. The first kappa shape index (κ1) is 9.47. The summed E-state index contributed by atoms with van der Waals surface area (Å²) in [7, 11) is 0. The van der Waals surface area contributed by atoms with Gasteiger partial charge < -0.3 is 11.1 Å². The summed E-state index contributed by atoms with van der Waals surface area (Å²) in [5.41, 5.74) is 6.02. The molecule has 2 saturated carbocycles. The molecule has 4 unspecified atom stereocenters. The average molecular weight is 182 g/mol. The molecule has 0 aromatic rings. The minimum Gasteiger partial charge on any atom is -0.327 e. The molecule has 0 amide bonds. The van der Waals surface area contributed by atoms with Gasteiger partial charge in [-0.15, -0.1) is 0 Å². The Labute approximate surface area is 81.3 Å². The molecule has 0 aromatic carbocycles. The third kappa shape index (κ3) is 2.05. The maximum atomic E-state index is 6.02. The molecule has 4 atom stereocenters. The van der Waals surface area contributed by atoms with Crippen LogP contribution >= 0.6 is 0 Å². The van der Waals surface area contributed by atoms with E-state index in [1.54, 1.807) is 0 Å². The van der Waals surface area contributed by atoms with Gasteiger partial charge in [-0.05, 0) is 44.1 Å². The Morgan fingerprint density at radius 3 is 2.54 bits per heavy atom. The van der Waals surface area contributed by atoms with E-state index in [0.29, 0.717) is 6.04 Å².